The van der Waals surface area contributed by atoms with Crippen LogP contribution in [-0.4, -0.2) is 9.55 Å². The van der Waals surface area contributed by atoms with Gasteiger partial charge in [-0.15, -0.1) is 0 Å². The lowest BCUT2D eigenvalue weighted by Gasteiger charge is -2.39. The Morgan fingerprint density at radius 2 is 1.12 bits per heavy atom. The van der Waals surface area contributed by atoms with Crippen LogP contribution in [0.25, 0.3) is 39.2 Å². The van der Waals surface area contributed by atoms with Gasteiger partial charge in [-0.05, 0) is 58.7 Å². The summed E-state index contributed by atoms with van der Waals surface area (Å²) >= 11 is 0. The second-order valence-corrected chi connectivity index (χ2v) is 10.7. The van der Waals surface area contributed by atoms with Gasteiger partial charge in [0.05, 0.1) is 16.4 Å². The van der Waals surface area contributed by atoms with E-state index in [0.717, 1.165) is 45.2 Å². The van der Waals surface area contributed by atoms with E-state index < -0.39 is 5.41 Å². The SMILES string of the molecule is c1ccc(-n2c(-c3ccc4c(c3)Oc3ccccc3C43c4ccccc4-c4ccccc43)nc3ccccc32)cc1. The van der Waals surface area contributed by atoms with Gasteiger partial charge in [0.2, 0.25) is 0 Å². The molecule has 1 aromatic heterocycles. The minimum Gasteiger partial charge on any atom is -0.457 e. The molecule has 6 aromatic carbocycles. The van der Waals surface area contributed by atoms with E-state index in [0.29, 0.717) is 0 Å². The molecular weight excluding hydrogens is 500 g/mol. The molecule has 3 heteroatoms. The predicted octanol–water partition coefficient (Wildman–Crippen LogP) is 9.16. The van der Waals surface area contributed by atoms with E-state index >= 15 is 0 Å². The Balaban J connectivity index is 1.34. The van der Waals surface area contributed by atoms with Crippen LogP contribution in [0.5, 0.6) is 11.5 Å². The molecule has 0 amide bonds. The predicted molar refractivity (Wildman–Crippen MR) is 164 cm³/mol. The maximum Gasteiger partial charge on any atom is 0.145 e. The fourth-order valence-electron chi connectivity index (χ4n) is 7.06. The maximum atomic E-state index is 6.74. The molecule has 192 valence electrons. The first-order valence-corrected chi connectivity index (χ1v) is 14.0. The van der Waals surface area contributed by atoms with Gasteiger partial charge < -0.3 is 4.74 Å². The molecule has 0 atom stereocenters. The summed E-state index contributed by atoms with van der Waals surface area (Å²) in [7, 11) is 0. The molecule has 0 saturated carbocycles. The molecule has 0 bridgehead atoms. The molecular formula is C38H24N2O. The fourth-order valence-corrected chi connectivity index (χ4v) is 7.06. The number of aromatic nitrogens is 2. The fraction of sp³-hybridized carbons (Fsp3) is 0.0263. The molecule has 41 heavy (non-hydrogen) atoms. The molecule has 3 nitrogen and oxygen atoms in total. The molecule has 0 radical (unpaired) electrons. The number of nitrogens with zero attached hydrogens (tertiary/aromatic N) is 2. The summed E-state index contributed by atoms with van der Waals surface area (Å²) in [6.07, 6.45) is 0. The number of benzene rings is 6. The molecule has 1 aliphatic heterocycles. The molecule has 7 aromatic rings. The third-order valence-electron chi connectivity index (χ3n) is 8.68. The normalized spacial score (nSPS) is 13.8. The van der Waals surface area contributed by atoms with E-state index in [1.807, 2.05) is 12.1 Å². The lowest BCUT2D eigenvalue weighted by Crippen LogP contribution is -2.32. The minimum atomic E-state index is -0.463. The van der Waals surface area contributed by atoms with Crippen LogP contribution in [0.4, 0.5) is 0 Å². The number of ether oxygens (including phenoxy) is 1. The lowest BCUT2D eigenvalue weighted by molar-refractivity contribution is 0.436. The molecule has 0 saturated heterocycles. The molecule has 0 unspecified atom stereocenters. The van der Waals surface area contributed by atoms with Gasteiger partial charge in [-0.25, -0.2) is 4.98 Å². The second-order valence-electron chi connectivity index (χ2n) is 10.7. The molecule has 9 rings (SSSR count). The standard InChI is InChI=1S/C38H24N2O/c1-2-12-26(13-3-1)40-34-20-10-9-19-33(34)39-37(40)25-22-23-32-36(24-25)41-35-21-11-8-18-31(35)38(32)29-16-6-4-14-27(29)28-15-5-7-17-30(28)38/h1-24H. The zero-order valence-electron chi connectivity index (χ0n) is 22.2. The Kier molecular flexibility index (Phi) is 4.53. The van der Waals surface area contributed by atoms with Gasteiger partial charge in [0.25, 0.3) is 0 Å². The number of hydrogen-bond acceptors (Lipinski definition) is 2. The van der Waals surface area contributed by atoms with Crippen molar-refractivity contribution in [2.45, 2.75) is 5.41 Å². The van der Waals surface area contributed by atoms with Crippen LogP contribution in [-0.2, 0) is 5.41 Å². The average molecular weight is 525 g/mol. The van der Waals surface area contributed by atoms with Crippen LogP contribution < -0.4 is 4.74 Å². The van der Waals surface area contributed by atoms with Crippen molar-refractivity contribution in [2.24, 2.45) is 0 Å². The van der Waals surface area contributed by atoms with Crippen molar-refractivity contribution in [3.8, 4) is 39.7 Å². The van der Waals surface area contributed by atoms with E-state index in [1.54, 1.807) is 0 Å². The summed E-state index contributed by atoms with van der Waals surface area (Å²) < 4.78 is 8.98. The number of fused-ring (bicyclic) bond motifs is 10. The van der Waals surface area contributed by atoms with Crippen molar-refractivity contribution in [3.63, 3.8) is 0 Å². The van der Waals surface area contributed by atoms with E-state index in [2.05, 4.69) is 138 Å². The van der Waals surface area contributed by atoms with Crippen LogP contribution in [0.15, 0.2) is 146 Å². The highest BCUT2D eigenvalue weighted by Gasteiger charge is 2.50. The van der Waals surface area contributed by atoms with Gasteiger partial charge in [0.1, 0.15) is 17.3 Å². The second kappa shape index (κ2) is 8.30. The van der Waals surface area contributed by atoms with Crippen LogP contribution >= 0.6 is 0 Å². The summed E-state index contributed by atoms with van der Waals surface area (Å²) in [6, 6.07) is 51.5. The first-order chi connectivity index (χ1) is 20.3. The van der Waals surface area contributed by atoms with Gasteiger partial charge in [-0.2, -0.15) is 0 Å². The Morgan fingerprint density at radius 1 is 0.512 bits per heavy atom. The number of rotatable bonds is 2. The quantitative estimate of drug-likeness (QED) is 0.225. The molecule has 0 N–H and O–H groups in total. The van der Waals surface area contributed by atoms with E-state index in [1.165, 1.54) is 27.8 Å². The number of hydrogen-bond donors (Lipinski definition) is 0. The Labute approximate surface area is 238 Å². The van der Waals surface area contributed by atoms with E-state index in [-0.39, 0.29) is 0 Å². The minimum absolute atomic E-state index is 0.463. The van der Waals surface area contributed by atoms with Gasteiger partial charge in [0, 0.05) is 22.4 Å². The Hall–Kier alpha value is -5.41. The zero-order chi connectivity index (χ0) is 27.0. The first-order valence-electron chi connectivity index (χ1n) is 14.0. The van der Waals surface area contributed by atoms with Crippen molar-refractivity contribution in [1.82, 2.24) is 9.55 Å². The van der Waals surface area contributed by atoms with Gasteiger partial charge in [-0.3, -0.25) is 4.57 Å². The summed E-state index contributed by atoms with van der Waals surface area (Å²) in [4.78, 5) is 5.12. The van der Waals surface area contributed by atoms with Crippen molar-refractivity contribution in [2.75, 3.05) is 0 Å². The molecule has 2 heterocycles. The molecule has 0 fully saturated rings. The van der Waals surface area contributed by atoms with Gasteiger partial charge >= 0.3 is 0 Å². The third-order valence-corrected chi connectivity index (χ3v) is 8.68. The van der Waals surface area contributed by atoms with Crippen LogP contribution in [0, 0.1) is 0 Å². The van der Waals surface area contributed by atoms with Crippen molar-refractivity contribution in [1.29, 1.82) is 0 Å². The summed E-state index contributed by atoms with van der Waals surface area (Å²) in [6.45, 7) is 0. The molecule has 2 aliphatic rings. The van der Waals surface area contributed by atoms with Crippen LogP contribution in [0.2, 0.25) is 0 Å². The first kappa shape index (κ1) is 22.4. The zero-order valence-corrected chi connectivity index (χ0v) is 22.2. The lowest BCUT2D eigenvalue weighted by atomic mass is 9.66. The Bertz CT molecular complexity index is 2090. The van der Waals surface area contributed by atoms with Crippen molar-refractivity contribution >= 4 is 11.0 Å². The van der Waals surface area contributed by atoms with Gasteiger partial charge in [-0.1, -0.05) is 109 Å². The summed E-state index contributed by atoms with van der Waals surface area (Å²) in [5.41, 5.74) is 11.1. The highest BCUT2D eigenvalue weighted by Crippen LogP contribution is 2.62. The van der Waals surface area contributed by atoms with Gasteiger partial charge in [0.15, 0.2) is 0 Å². The van der Waals surface area contributed by atoms with Crippen LogP contribution in [0.3, 0.4) is 0 Å². The largest absolute Gasteiger partial charge is 0.457 e. The average Bonchev–Trinajstić information content (AvgIpc) is 3.57. The molecule has 1 aliphatic carbocycles. The summed E-state index contributed by atoms with van der Waals surface area (Å²) in [5.74, 6) is 2.64. The Morgan fingerprint density at radius 3 is 1.90 bits per heavy atom. The monoisotopic (exact) mass is 524 g/mol. The summed E-state index contributed by atoms with van der Waals surface area (Å²) in [5, 5.41) is 0. The number of para-hydroxylation sites is 4. The highest BCUT2D eigenvalue weighted by atomic mass is 16.5. The van der Waals surface area contributed by atoms with E-state index in [9.17, 15) is 0 Å². The molecule has 1 spiro atoms. The van der Waals surface area contributed by atoms with E-state index in [4.69, 9.17) is 9.72 Å². The highest BCUT2D eigenvalue weighted by molar-refractivity contribution is 5.89. The van der Waals surface area contributed by atoms with Crippen molar-refractivity contribution < 1.29 is 4.74 Å². The number of imidazole rings is 1. The maximum absolute atomic E-state index is 6.74. The smallest absolute Gasteiger partial charge is 0.145 e. The third kappa shape index (κ3) is 2.95. The topological polar surface area (TPSA) is 27.1 Å². The van der Waals surface area contributed by atoms with Crippen molar-refractivity contribution in [3.05, 3.63) is 168 Å². The van der Waals surface area contributed by atoms with Crippen LogP contribution in [0.1, 0.15) is 22.3 Å².